The number of amides is 4. The fourth-order valence-electron chi connectivity index (χ4n) is 1.95. The Bertz CT molecular complexity index is 458. The predicted octanol–water partition coefficient (Wildman–Crippen LogP) is -0.790. The number of hydrogen-bond donors (Lipinski definition) is 3. The molecule has 0 aromatic carbocycles. The van der Waals surface area contributed by atoms with Crippen LogP contribution in [0.1, 0.15) is 6.92 Å². The number of nitrogens with zero attached hydrogens (tertiary/aromatic N) is 1. The lowest BCUT2D eigenvalue weighted by atomic mass is 10.2. The Balaban J connectivity index is 2.49. The summed E-state index contributed by atoms with van der Waals surface area (Å²) in [6.45, 7) is 0.663. The zero-order valence-corrected chi connectivity index (χ0v) is 12.7. The largest absolute Gasteiger partial charge is 0.405 e. The third kappa shape index (κ3) is 6.40. The second kappa shape index (κ2) is 8.11. The highest BCUT2D eigenvalue weighted by molar-refractivity contribution is 5.96. The first-order chi connectivity index (χ1) is 10.6. The lowest BCUT2D eigenvalue weighted by Crippen LogP contribution is -2.56. The van der Waals surface area contributed by atoms with E-state index in [2.05, 4.69) is 5.32 Å². The Morgan fingerprint density at radius 3 is 2.57 bits per heavy atom. The number of hydrogen-bond acceptors (Lipinski definition) is 5. The summed E-state index contributed by atoms with van der Waals surface area (Å²) in [5, 5.41) is 5.80. The summed E-state index contributed by atoms with van der Waals surface area (Å²) in [6.07, 6.45) is -5.31. The molecule has 0 saturated carbocycles. The van der Waals surface area contributed by atoms with Crippen molar-refractivity contribution in [2.24, 2.45) is 0 Å². The molecule has 0 aliphatic carbocycles. The fourth-order valence-corrected chi connectivity index (χ4v) is 1.95. The van der Waals surface area contributed by atoms with Crippen molar-refractivity contribution in [3.63, 3.8) is 0 Å². The van der Waals surface area contributed by atoms with Crippen molar-refractivity contribution in [1.29, 1.82) is 0 Å². The maximum atomic E-state index is 12.0. The molecule has 4 amide bonds. The molecule has 3 N–H and O–H groups in total. The van der Waals surface area contributed by atoms with Crippen LogP contribution in [0.3, 0.4) is 0 Å². The van der Waals surface area contributed by atoms with Crippen LogP contribution in [0.25, 0.3) is 0 Å². The number of imide groups is 1. The molecule has 0 aromatic rings. The van der Waals surface area contributed by atoms with Crippen molar-refractivity contribution < 1.29 is 32.3 Å². The van der Waals surface area contributed by atoms with Crippen LogP contribution in [0, 0.1) is 0 Å². The Kier molecular flexibility index (Phi) is 6.76. The number of carbonyl (C=O) groups excluding carboxylic acids is 3. The van der Waals surface area contributed by atoms with Gasteiger partial charge < -0.3 is 15.4 Å². The van der Waals surface area contributed by atoms with E-state index in [9.17, 15) is 27.6 Å². The van der Waals surface area contributed by atoms with Gasteiger partial charge in [0.15, 0.2) is 0 Å². The minimum atomic E-state index is -4.56. The molecule has 0 spiro atoms. The van der Waals surface area contributed by atoms with Crippen molar-refractivity contribution >= 4 is 17.8 Å². The monoisotopic (exact) mass is 340 g/mol. The Hall–Kier alpha value is -1.88. The Morgan fingerprint density at radius 2 is 2.00 bits per heavy atom. The molecule has 0 bridgehead atoms. The van der Waals surface area contributed by atoms with Crippen molar-refractivity contribution in [2.45, 2.75) is 25.2 Å². The number of carbonyl (C=O) groups is 3. The second-order valence-corrected chi connectivity index (χ2v) is 4.93. The molecule has 1 fully saturated rings. The molecule has 1 aliphatic heterocycles. The molecule has 11 heteroatoms. The van der Waals surface area contributed by atoms with Crippen molar-refractivity contribution in [3.8, 4) is 0 Å². The number of halogens is 3. The van der Waals surface area contributed by atoms with Gasteiger partial charge >= 0.3 is 12.2 Å². The normalized spacial score (nSPS) is 20.5. The SMILES string of the molecule is CNC(=O)[C@@H]1CN([C@@H](C)C(=O)NC(=O)NCC(F)(F)F)CCO1. The van der Waals surface area contributed by atoms with Crippen LogP contribution in [-0.4, -0.2) is 74.4 Å². The van der Waals surface area contributed by atoms with E-state index < -0.39 is 36.8 Å². The van der Waals surface area contributed by atoms with Crippen LogP contribution < -0.4 is 16.0 Å². The van der Waals surface area contributed by atoms with Crippen LogP contribution in [0.5, 0.6) is 0 Å². The first-order valence-corrected chi connectivity index (χ1v) is 6.86. The molecule has 1 saturated heterocycles. The van der Waals surface area contributed by atoms with Gasteiger partial charge in [0.25, 0.3) is 0 Å². The van der Waals surface area contributed by atoms with Gasteiger partial charge in [0, 0.05) is 20.1 Å². The number of morpholine rings is 1. The van der Waals surface area contributed by atoms with E-state index in [1.54, 1.807) is 10.2 Å². The molecule has 0 aromatic heterocycles. The van der Waals surface area contributed by atoms with E-state index in [-0.39, 0.29) is 19.1 Å². The number of likely N-dealkylation sites (N-methyl/N-ethyl adjacent to an activating group) is 1. The lowest BCUT2D eigenvalue weighted by Gasteiger charge is -2.35. The van der Waals surface area contributed by atoms with E-state index >= 15 is 0 Å². The topological polar surface area (TPSA) is 99.8 Å². The summed E-state index contributed by atoms with van der Waals surface area (Å²) < 4.78 is 41.2. The minimum Gasteiger partial charge on any atom is -0.366 e. The molecule has 1 heterocycles. The van der Waals surface area contributed by atoms with Crippen molar-refractivity contribution in [1.82, 2.24) is 20.9 Å². The van der Waals surface area contributed by atoms with Gasteiger partial charge in [-0.2, -0.15) is 13.2 Å². The number of urea groups is 1. The molecule has 2 atom stereocenters. The van der Waals surface area contributed by atoms with Crippen LogP contribution in [0.2, 0.25) is 0 Å². The quantitative estimate of drug-likeness (QED) is 0.623. The van der Waals surface area contributed by atoms with E-state index in [0.717, 1.165) is 0 Å². The Morgan fingerprint density at radius 1 is 1.35 bits per heavy atom. The smallest absolute Gasteiger partial charge is 0.366 e. The summed E-state index contributed by atoms with van der Waals surface area (Å²) in [5.41, 5.74) is 0. The predicted molar refractivity (Wildman–Crippen MR) is 72.4 cm³/mol. The Labute approximate surface area is 130 Å². The van der Waals surface area contributed by atoms with Gasteiger partial charge in [0.2, 0.25) is 11.8 Å². The third-order valence-corrected chi connectivity index (χ3v) is 3.25. The maximum absolute atomic E-state index is 12.0. The minimum absolute atomic E-state index is 0.137. The van der Waals surface area contributed by atoms with Gasteiger partial charge in [0.1, 0.15) is 12.6 Å². The van der Waals surface area contributed by atoms with Crippen molar-refractivity contribution in [2.75, 3.05) is 33.3 Å². The number of nitrogens with one attached hydrogen (secondary N) is 3. The third-order valence-electron chi connectivity index (χ3n) is 3.25. The van der Waals surface area contributed by atoms with Crippen LogP contribution >= 0.6 is 0 Å². The molecular formula is C12H19F3N4O4. The van der Waals surface area contributed by atoms with Gasteiger partial charge in [-0.1, -0.05) is 0 Å². The average Bonchev–Trinajstić information content (AvgIpc) is 2.50. The molecule has 1 aliphatic rings. The van der Waals surface area contributed by atoms with E-state index in [1.807, 2.05) is 5.32 Å². The summed E-state index contributed by atoms with van der Waals surface area (Å²) >= 11 is 0. The maximum Gasteiger partial charge on any atom is 0.405 e. The molecule has 0 unspecified atom stereocenters. The second-order valence-electron chi connectivity index (χ2n) is 4.93. The highest BCUT2D eigenvalue weighted by atomic mass is 19.4. The highest BCUT2D eigenvalue weighted by Crippen LogP contribution is 2.12. The summed E-state index contributed by atoms with van der Waals surface area (Å²) in [6, 6.07) is -2.03. The van der Waals surface area contributed by atoms with Gasteiger partial charge in [0.05, 0.1) is 12.6 Å². The molecular weight excluding hydrogens is 321 g/mol. The molecule has 1 rings (SSSR count). The van der Waals surface area contributed by atoms with Crippen LogP contribution in [0.15, 0.2) is 0 Å². The van der Waals surface area contributed by atoms with Gasteiger partial charge in [-0.05, 0) is 6.92 Å². The van der Waals surface area contributed by atoms with Gasteiger partial charge in [-0.3, -0.25) is 19.8 Å². The number of rotatable bonds is 4. The van der Waals surface area contributed by atoms with E-state index in [1.165, 1.54) is 14.0 Å². The summed E-state index contributed by atoms with van der Waals surface area (Å²) in [7, 11) is 1.45. The van der Waals surface area contributed by atoms with Crippen molar-refractivity contribution in [3.05, 3.63) is 0 Å². The molecule has 23 heavy (non-hydrogen) atoms. The summed E-state index contributed by atoms with van der Waals surface area (Å²) in [5.74, 6) is -1.10. The van der Waals surface area contributed by atoms with Crippen LogP contribution in [0.4, 0.5) is 18.0 Å². The first-order valence-electron chi connectivity index (χ1n) is 6.86. The van der Waals surface area contributed by atoms with Gasteiger partial charge in [-0.25, -0.2) is 4.79 Å². The molecule has 8 nitrogen and oxygen atoms in total. The van der Waals surface area contributed by atoms with Gasteiger partial charge in [-0.15, -0.1) is 0 Å². The van der Waals surface area contributed by atoms with E-state index in [0.29, 0.717) is 6.54 Å². The first kappa shape index (κ1) is 19.2. The summed E-state index contributed by atoms with van der Waals surface area (Å²) in [4.78, 5) is 36.3. The lowest BCUT2D eigenvalue weighted by molar-refractivity contribution is -0.142. The number of alkyl halides is 3. The zero-order valence-electron chi connectivity index (χ0n) is 12.7. The average molecular weight is 340 g/mol. The zero-order chi connectivity index (χ0) is 17.6. The molecule has 132 valence electrons. The number of ether oxygens (including phenoxy) is 1. The molecule has 0 radical (unpaired) electrons. The van der Waals surface area contributed by atoms with Crippen LogP contribution in [-0.2, 0) is 14.3 Å². The van der Waals surface area contributed by atoms with E-state index in [4.69, 9.17) is 4.74 Å². The fraction of sp³-hybridized carbons (Fsp3) is 0.750. The highest BCUT2D eigenvalue weighted by Gasteiger charge is 2.32. The standard InChI is InChI=1S/C12H19F3N4O4/c1-7(9(20)18-11(22)17-6-12(13,14)15)19-3-4-23-8(5-19)10(21)16-2/h7-8H,3-6H2,1-2H3,(H,16,21)(H2,17,18,20,22)/t7-,8-/m0/s1.